The second kappa shape index (κ2) is 10.4. The predicted octanol–water partition coefficient (Wildman–Crippen LogP) is 2.47. The van der Waals surface area contributed by atoms with Crippen LogP contribution in [-0.4, -0.2) is 72.9 Å². The zero-order chi connectivity index (χ0) is 24.1. The van der Waals surface area contributed by atoms with Gasteiger partial charge >= 0.3 is 0 Å². The van der Waals surface area contributed by atoms with E-state index in [1.165, 1.54) is 21.4 Å². The van der Waals surface area contributed by atoms with Crippen LogP contribution in [-0.2, 0) is 19.6 Å². The average molecular weight is 487 g/mol. The molecule has 4 rings (SSSR count). The molecule has 0 saturated carbocycles. The summed E-state index contributed by atoms with van der Waals surface area (Å²) in [6, 6.07) is 14.4. The van der Waals surface area contributed by atoms with Gasteiger partial charge in [-0.05, 0) is 36.2 Å². The fraction of sp³-hybridized carbons (Fsp3) is 0.375. The summed E-state index contributed by atoms with van der Waals surface area (Å²) < 4.78 is 40.2. The molecule has 34 heavy (non-hydrogen) atoms. The number of hydrogen-bond donors (Lipinski definition) is 0. The minimum atomic E-state index is -3.76. The fourth-order valence-electron chi connectivity index (χ4n) is 4.11. The number of nitrogens with zero attached hydrogens (tertiary/aromatic N) is 4. The molecular weight excluding hydrogens is 459 g/mol. The molecule has 10 heteroatoms. The van der Waals surface area contributed by atoms with Gasteiger partial charge in [-0.1, -0.05) is 30.3 Å². The molecule has 0 aromatic heterocycles. The van der Waals surface area contributed by atoms with Crippen molar-refractivity contribution in [3.8, 4) is 0 Å². The molecule has 2 aromatic carbocycles. The molecule has 0 N–H and O–H groups in total. The number of rotatable bonds is 6. The van der Waals surface area contributed by atoms with Crippen LogP contribution in [0.4, 0.5) is 4.39 Å². The quantitative estimate of drug-likeness (QED) is 0.627. The molecular formula is C24H27FN4O4S. The normalized spacial score (nSPS) is 17.4. The van der Waals surface area contributed by atoms with Crippen molar-refractivity contribution in [2.45, 2.75) is 30.6 Å². The minimum Gasteiger partial charge on any atom is -0.341 e. The first-order valence-corrected chi connectivity index (χ1v) is 12.8. The van der Waals surface area contributed by atoms with Crippen molar-refractivity contribution in [1.82, 2.24) is 14.2 Å². The number of carbonyl (C=O) groups excluding carboxylic acids is 2. The fourth-order valence-corrected chi connectivity index (χ4v) is 5.58. The highest BCUT2D eigenvalue weighted by Gasteiger charge is 2.29. The second-order valence-electron chi connectivity index (χ2n) is 8.27. The van der Waals surface area contributed by atoms with Crippen LogP contribution in [0.3, 0.4) is 0 Å². The summed E-state index contributed by atoms with van der Waals surface area (Å²) in [4.78, 5) is 26.9. The molecule has 2 aromatic rings. The maximum atomic E-state index is 13.2. The lowest BCUT2D eigenvalue weighted by Gasteiger charge is -2.22. The molecule has 0 aliphatic carbocycles. The number of hydrogen-bond acceptors (Lipinski definition) is 5. The summed E-state index contributed by atoms with van der Waals surface area (Å²) in [5.41, 5.74) is 1.84. The van der Waals surface area contributed by atoms with E-state index in [4.69, 9.17) is 0 Å². The molecule has 1 fully saturated rings. The van der Waals surface area contributed by atoms with E-state index in [9.17, 15) is 22.4 Å². The third-order valence-electron chi connectivity index (χ3n) is 6.01. The zero-order valence-electron chi connectivity index (χ0n) is 18.8. The second-order valence-corrected chi connectivity index (χ2v) is 10.2. The minimum absolute atomic E-state index is 0.0281. The Labute approximate surface area is 198 Å². The van der Waals surface area contributed by atoms with E-state index in [1.54, 1.807) is 4.90 Å². The van der Waals surface area contributed by atoms with E-state index in [0.29, 0.717) is 25.9 Å². The number of sulfonamides is 1. The number of amides is 2. The molecule has 2 aliphatic heterocycles. The Morgan fingerprint density at radius 3 is 2.29 bits per heavy atom. The average Bonchev–Trinajstić information content (AvgIpc) is 3.20. The zero-order valence-corrected chi connectivity index (χ0v) is 19.6. The Hall–Kier alpha value is -3.11. The predicted molar refractivity (Wildman–Crippen MR) is 125 cm³/mol. The summed E-state index contributed by atoms with van der Waals surface area (Å²) in [6.07, 6.45) is 1.26. The molecule has 1 saturated heterocycles. The highest BCUT2D eigenvalue weighted by Crippen LogP contribution is 2.19. The van der Waals surface area contributed by atoms with Gasteiger partial charge in [0.05, 0.1) is 17.2 Å². The van der Waals surface area contributed by atoms with Crippen LogP contribution in [0.2, 0.25) is 0 Å². The van der Waals surface area contributed by atoms with Crippen LogP contribution in [0, 0.1) is 5.82 Å². The first kappa shape index (κ1) is 24.0. The van der Waals surface area contributed by atoms with Crippen molar-refractivity contribution >= 4 is 27.5 Å². The maximum Gasteiger partial charge on any atom is 0.243 e. The van der Waals surface area contributed by atoms with Gasteiger partial charge in [-0.2, -0.15) is 9.41 Å². The monoisotopic (exact) mass is 486 g/mol. The summed E-state index contributed by atoms with van der Waals surface area (Å²) in [5, 5.41) is 5.84. The Morgan fingerprint density at radius 2 is 1.56 bits per heavy atom. The highest BCUT2D eigenvalue weighted by atomic mass is 32.2. The van der Waals surface area contributed by atoms with E-state index >= 15 is 0 Å². The summed E-state index contributed by atoms with van der Waals surface area (Å²) in [7, 11) is -3.76. The van der Waals surface area contributed by atoms with E-state index in [0.717, 1.165) is 23.4 Å². The number of halogens is 1. The van der Waals surface area contributed by atoms with Crippen molar-refractivity contribution in [2.75, 3.05) is 32.7 Å². The Morgan fingerprint density at radius 1 is 0.853 bits per heavy atom. The van der Waals surface area contributed by atoms with Gasteiger partial charge in [-0.15, -0.1) is 0 Å². The van der Waals surface area contributed by atoms with Gasteiger partial charge in [0.1, 0.15) is 5.82 Å². The van der Waals surface area contributed by atoms with Gasteiger partial charge in [0, 0.05) is 45.4 Å². The van der Waals surface area contributed by atoms with Crippen LogP contribution in [0.1, 0.15) is 31.2 Å². The third-order valence-corrected chi connectivity index (χ3v) is 7.92. The Balaban J connectivity index is 1.29. The lowest BCUT2D eigenvalue weighted by molar-refractivity contribution is -0.136. The topological polar surface area (TPSA) is 90.4 Å². The summed E-state index contributed by atoms with van der Waals surface area (Å²) >= 11 is 0. The van der Waals surface area contributed by atoms with Crippen molar-refractivity contribution < 1.29 is 22.4 Å². The van der Waals surface area contributed by atoms with Gasteiger partial charge in [0.25, 0.3) is 0 Å². The smallest absolute Gasteiger partial charge is 0.243 e. The molecule has 0 bridgehead atoms. The van der Waals surface area contributed by atoms with Crippen LogP contribution < -0.4 is 0 Å². The van der Waals surface area contributed by atoms with Crippen LogP contribution >= 0.6 is 0 Å². The lowest BCUT2D eigenvalue weighted by Crippen LogP contribution is -2.37. The Kier molecular flexibility index (Phi) is 7.38. The van der Waals surface area contributed by atoms with E-state index in [2.05, 4.69) is 5.10 Å². The molecule has 0 unspecified atom stereocenters. The van der Waals surface area contributed by atoms with E-state index in [1.807, 2.05) is 30.3 Å². The molecule has 0 radical (unpaired) electrons. The van der Waals surface area contributed by atoms with Gasteiger partial charge in [0.15, 0.2) is 0 Å². The Bertz CT molecular complexity index is 1170. The summed E-state index contributed by atoms with van der Waals surface area (Å²) in [5.74, 6) is -0.882. The van der Waals surface area contributed by atoms with E-state index < -0.39 is 15.8 Å². The van der Waals surface area contributed by atoms with E-state index in [-0.39, 0.29) is 49.2 Å². The number of benzene rings is 2. The van der Waals surface area contributed by atoms with Crippen LogP contribution in [0.15, 0.2) is 64.6 Å². The molecule has 180 valence electrons. The van der Waals surface area contributed by atoms with Gasteiger partial charge in [-0.25, -0.2) is 17.8 Å². The first-order chi connectivity index (χ1) is 16.3. The van der Waals surface area contributed by atoms with Gasteiger partial charge in [-0.3, -0.25) is 9.59 Å². The molecule has 0 spiro atoms. The van der Waals surface area contributed by atoms with Crippen molar-refractivity contribution in [2.24, 2.45) is 5.10 Å². The molecule has 2 aliphatic rings. The van der Waals surface area contributed by atoms with Crippen LogP contribution in [0.25, 0.3) is 0 Å². The molecule has 8 nitrogen and oxygen atoms in total. The molecule has 0 atom stereocenters. The SMILES string of the molecule is O=C(CCC(=O)N1CCC(c2ccccc2)=N1)N1CCCN(S(=O)(=O)c2ccc(F)cc2)CC1. The third kappa shape index (κ3) is 5.51. The molecule has 2 heterocycles. The van der Waals surface area contributed by atoms with Crippen molar-refractivity contribution in [3.05, 3.63) is 66.0 Å². The highest BCUT2D eigenvalue weighted by molar-refractivity contribution is 7.89. The first-order valence-electron chi connectivity index (χ1n) is 11.3. The van der Waals surface area contributed by atoms with Gasteiger partial charge in [0.2, 0.25) is 21.8 Å². The van der Waals surface area contributed by atoms with Gasteiger partial charge < -0.3 is 4.90 Å². The molecule has 2 amide bonds. The summed E-state index contributed by atoms with van der Waals surface area (Å²) in [6.45, 7) is 1.58. The van der Waals surface area contributed by atoms with Crippen molar-refractivity contribution in [3.63, 3.8) is 0 Å². The standard InChI is InChI=1S/C24H27FN4O4S/c25-20-7-9-21(10-8-20)34(32,33)28-15-4-14-27(17-18-28)23(30)11-12-24(31)29-16-13-22(26-29)19-5-2-1-3-6-19/h1-3,5-10H,4,11-18H2. The largest absolute Gasteiger partial charge is 0.341 e. The number of hydrazone groups is 1. The lowest BCUT2D eigenvalue weighted by atomic mass is 10.1. The van der Waals surface area contributed by atoms with Crippen LogP contribution in [0.5, 0.6) is 0 Å². The van der Waals surface area contributed by atoms with Crippen molar-refractivity contribution in [1.29, 1.82) is 0 Å². The number of carbonyl (C=O) groups is 2. The maximum absolute atomic E-state index is 13.2.